The van der Waals surface area contributed by atoms with Crippen molar-refractivity contribution in [1.82, 2.24) is 9.97 Å². The third-order valence-electron chi connectivity index (χ3n) is 3.13. The molecule has 2 N–H and O–H groups in total. The Morgan fingerprint density at radius 3 is 2.89 bits per heavy atom. The molecule has 94 valence electrons. The highest BCUT2D eigenvalue weighted by atomic mass is 16.4. The number of nitrogens with one attached hydrogen (secondary N) is 1. The molecule has 0 saturated carbocycles. The predicted octanol–water partition coefficient (Wildman–Crippen LogP) is 3.24. The van der Waals surface area contributed by atoms with E-state index in [1.165, 1.54) is 6.20 Å². The van der Waals surface area contributed by atoms with Crippen LogP contribution in [0.4, 0.5) is 0 Å². The smallest absolute Gasteiger partial charge is 0.337 e. The quantitative estimate of drug-likeness (QED) is 0.735. The van der Waals surface area contributed by atoms with E-state index in [0.29, 0.717) is 0 Å². The first-order chi connectivity index (χ1) is 9.15. The van der Waals surface area contributed by atoms with Crippen molar-refractivity contribution in [3.63, 3.8) is 0 Å². The fourth-order valence-corrected chi connectivity index (χ4v) is 2.18. The normalized spacial score (nSPS) is 10.8. The van der Waals surface area contributed by atoms with Crippen molar-refractivity contribution in [2.45, 2.75) is 6.92 Å². The predicted molar refractivity (Wildman–Crippen MR) is 73.2 cm³/mol. The Labute approximate surface area is 109 Å². The van der Waals surface area contributed by atoms with E-state index in [1.807, 2.05) is 25.3 Å². The van der Waals surface area contributed by atoms with Gasteiger partial charge in [0, 0.05) is 40.6 Å². The van der Waals surface area contributed by atoms with E-state index in [2.05, 4.69) is 16.0 Å². The molecule has 3 rings (SSSR count). The minimum atomic E-state index is -0.967. The maximum Gasteiger partial charge on any atom is 0.337 e. The van der Waals surface area contributed by atoms with Crippen molar-refractivity contribution in [1.29, 1.82) is 0 Å². The number of aromatic amines is 1. The number of H-pyrrole nitrogens is 1. The molecule has 0 saturated heterocycles. The zero-order valence-corrected chi connectivity index (χ0v) is 10.3. The monoisotopic (exact) mass is 252 g/mol. The zero-order valence-electron chi connectivity index (χ0n) is 10.3. The van der Waals surface area contributed by atoms with Gasteiger partial charge in [-0.15, -0.1) is 0 Å². The average Bonchev–Trinajstić information content (AvgIpc) is 2.81. The number of pyridine rings is 1. The number of aryl methyl sites for hydroxylation is 1. The first-order valence-electron chi connectivity index (χ1n) is 5.91. The van der Waals surface area contributed by atoms with Gasteiger partial charge in [-0.1, -0.05) is 11.6 Å². The van der Waals surface area contributed by atoms with Crippen LogP contribution in [0.25, 0.3) is 22.0 Å². The summed E-state index contributed by atoms with van der Waals surface area (Å²) in [7, 11) is 0. The number of aromatic carboxylic acids is 1. The average molecular weight is 252 g/mol. The topological polar surface area (TPSA) is 66.0 Å². The summed E-state index contributed by atoms with van der Waals surface area (Å²) in [6.07, 6.45) is 4.91. The van der Waals surface area contributed by atoms with E-state index in [0.717, 1.165) is 27.6 Å². The SMILES string of the molecule is Cc1ccc2[nH]cc(-c3cncc(C(=O)O)c3)c2c1. The van der Waals surface area contributed by atoms with Gasteiger partial charge in [-0.05, 0) is 25.1 Å². The summed E-state index contributed by atoms with van der Waals surface area (Å²) in [4.78, 5) is 18.2. The number of aromatic nitrogens is 2. The maximum absolute atomic E-state index is 11.0. The van der Waals surface area contributed by atoms with Gasteiger partial charge >= 0.3 is 5.97 Å². The molecule has 1 aromatic carbocycles. The summed E-state index contributed by atoms with van der Waals surface area (Å²) < 4.78 is 0. The third kappa shape index (κ3) is 1.97. The van der Waals surface area contributed by atoms with Gasteiger partial charge in [-0.2, -0.15) is 0 Å². The van der Waals surface area contributed by atoms with Crippen LogP contribution in [0.5, 0.6) is 0 Å². The van der Waals surface area contributed by atoms with E-state index in [9.17, 15) is 4.79 Å². The van der Waals surface area contributed by atoms with Crippen molar-refractivity contribution in [3.8, 4) is 11.1 Å². The Kier molecular flexibility index (Phi) is 2.56. The molecule has 0 unspecified atom stereocenters. The van der Waals surface area contributed by atoms with E-state index in [1.54, 1.807) is 12.3 Å². The van der Waals surface area contributed by atoms with Crippen LogP contribution in [0.15, 0.2) is 42.9 Å². The summed E-state index contributed by atoms with van der Waals surface area (Å²) in [5.74, 6) is -0.967. The van der Waals surface area contributed by atoms with Gasteiger partial charge in [0.2, 0.25) is 0 Å². The highest BCUT2D eigenvalue weighted by Crippen LogP contribution is 2.29. The molecule has 19 heavy (non-hydrogen) atoms. The van der Waals surface area contributed by atoms with Gasteiger partial charge in [0.15, 0.2) is 0 Å². The fourth-order valence-electron chi connectivity index (χ4n) is 2.18. The Bertz CT molecular complexity index is 775. The van der Waals surface area contributed by atoms with Gasteiger partial charge in [0.05, 0.1) is 5.56 Å². The minimum absolute atomic E-state index is 0.194. The van der Waals surface area contributed by atoms with Crippen LogP contribution in [0.2, 0.25) is 0 Å². The summed E-state index contributed by atoms with van der Waals surface area (Å²) in [6, 6.07) is 7.77. The Balaban J connectivity index is 2.21. The highest BCUT2D eigenvalue weighted by molar-refractivity contribution is 5.97. The van der Waals surface area contributed by atoms with E-state index >= 15 is 0 Å². The lowest BCUT2D eigenvalue weighted by atomic mass is 10.0. The molecule has 0 aliphatic heterocycles. The molecule has 2 aromatic heterocycles. The van der Waals surface area contributed by atoms with Gasteiger partial charge in [-0.3, -0.25) is 4.98 Å². The van der Waals surface area contributed by atoms with E-state index in [-0.39, 0.29) is 5.56 Å². The largest absolute Gasteiger partial charge is 0.478 e. The fraction of sp³-hybridized carbons (Fsp3) is 0.0667. The number of hydrogen-bond acceptors (Lipinski definition) is 2. The van der Waals surface area contributed by atoms with Crippen molar-refractivity contribution in [2.75, 3.05) is 0 Å². The number of benzene rings is 1. The summed E-state index contributed by atoms with van der Waals surface area (Å²) in [5.41, 5.74) is 4.16. The summed E-state index contributed by atoms with van der Waals surface area (Å²) >= 11 is 0. The number of nitrogens with zero attached hydrogens (tertiary/aromatic N) is 1. The molecule has 4 nitrogen and oxygen atoms in total. The second-order valence-corrected chi connectivity index (χ2v) is 4.52. The molecule has 0 amide bonds. The van der Waals surface area contributed by atoms with Gasteiger partial charge in [-0.25, -0.2) is 4.79 Å². The van der Waals surface area contributed by atoms with Gasteiger partial charge < -0.3 is 10.1 Å². The van der Waals surface area contributed by atoms with Crippen LogP contribution >= 0.6 is 0 Å². The van der Waals surface area contributed by atoms with E-state index < -0.39 is 5.97 Å². The standard InChI is InChI=1S/C15H12N2O2/c1-9-2-3-14-12(4-9)13(8-17-14)10-5-11(15(18)19)7-16-6-10/h2-8,17H,1H3,(H,18,19). The van der Waals surface area contributed by atoms with Crippen molar-refractivity contribution in [2.24, 2.45) is 0 Å². The molecule has 0 radical (unpaired) electrons. The lowest BCUT2D eigenvalue weighted by Crippen LogP contribution is -1.97. The first kappa shape index (κ1) is 11.5. The number of hydrogen-bond donors (Lipinski definition) is 2. The number of carbonyl (C=O) groups is 1. The third-order valence-corrected chi connectivity index (χ3v) is 3.13. The number of carboxylic acids is 1. The molecular formula is C15H12N2O2. The second-order valence-electron chi connectivity index (χ2n) is 4.52. The summed E-state index contributed by atoms with van der Waals surface area (Å²) in [5, 5.41) is 10.1. The van der Waals surface area contributed by atoms with Crippen LogP contribution in [-0.4, -0.2) is 21.0 Å². The maximum atomic E-state index is 11.0. The first-order valence-corrected chi connectivity index (χ1v) is 5.91. The molecule has 0 aliphatic rings. The van der Waals surface area contributed by atoms with Crippen LogP contribution in [-0.2, 0) is 0 Å². The molecule has 0 atom stereocenters. The van der Waals surface area contributed by atoms with Crippen LogP contribution < -0.4 is 0 Å². The molecule has 2 heterocycles. The second kappa shape index (κ2) is 4.24. The Morgan fingerprint density at radius 1 is 1.26 bits per heavy atom. The number of rotatable bonds is 2. The van der Waals surface area contributed by atoms with Crippen molar-refractivity contribution >= 4 is 16.9 Å². The molecule has 0 spiro atoms. The van der Waals surface area contributed by atoms with Crippen molar-refractivity contribution in [3.05, 3.63) is 54.0 Å². The van der Waals surface area contributed by atoms with Gasteiger partial charge in [0.25, 0.3) is 0 Å². The minimum Gasteiger partial charge on any atom is -0.478 e. The van der Waals surface area contributed by atoms with E-state index in [4.69, 9.17) is 5.11 Å². The molecule has 3 aromatic rings. The van der Waals surface area contributed by atoms with Crippen LogP contribution in [0, 0.1) is 6.92 Å². The van der Waals surface area contributed by atoms with Gasteiger partial charge in [0.1, 0.15) is 0 Å². The molecule has 0 bridgehead atoms. The lowest BCUT2D eigenvalue weighted by molar-refractivity contribution is 0.0696. The highest BCUT2D eigenvalue weighted by Gasteiger charge is 2.09. The summed E-state index contributed by atoms with van der Waals surface area (Å²) in [6.45, 7) is 2.03. The Hall–Kier alpha value is -2.62. The van der Waals surface area contributed by atoms with Crippen molar-refractivity contribution < 1.29 is 9.90 Å². The Morgan fingerprint density at radius 2 is 2.11 bits per heavy atom. The zero-order chi connectivity index (χ0) is 13.4. The molecule has 4 heteroatoms. The lowest BCUT2D eigenvalue weighted by Gasteiger charge is -2.01. The van der Waals surface area contributed by atoms with Crippen LogP contribution in [0.3, 0.4) is 0 Å². The van der Waals surface area contributed by atoms with Crippen LogP contribution in [0.1, 0.15) is 15.9 Å². The molecular weight excluding hydrogens is 240 g/mol. The molecule has 0 aliphatic carbocycles. The number of carboxylic acid groups (broad SMARTS) is 1. The number of fused-ring (bicyclic) bond motifs is 1. The molecule has 0 fully saturated rings.